The summed E-state index contributed by atoms with van der Waals surface area (Å²) in [6.45, 7) is -3.32. The molecule has 7 nitrogen and oxygen atoms in total. The molecule has 0 spiro atoms. The average molecular weight is 393 g/mol. The van der Waals surface area contributed by atoms with E-state index in [1.54, 1.807) is 18.2 Å². The maximum atomic E-state index is 12.1. The highest BCUT2D eigenvalue weighted by Gasteiger charge is 2.14. The number of benzene rings is 2. The molecule has 2 amide bonds. The predicted molar refractivity (Wildman–Crippen MR) is 93.0 cm³/mol. The van der Waals surface area contributed by atoms with Crippen LogP contribution in [0.3, 0.4) is 0 Å². The van der Waals surface area contributed by atoms with Crippen LogP contribution in [0.2, 0.25) is 0 Å². The minimum atomic E-state index is -2.98. The highest BCUT2D eigenvalue weighted by Crippen LogP contribution is 2.14. The third-order valence-corrected chi connectivity index (χ3v) is 3.40. The Labute approximate surface area is 159 Å². The van der Waals surface area contributed by atoms with E-state index in [4.69, 9.17) is 9.47 Å². The summed E-state index contributed by atoms with van der Waals surface area (Å²) in [5.74, 6) is -2.46. The van der Waals surface area contributed by atoms with Gasteiger partial charge in [-0.2, -0.15) is 8.78 Å². The fourth-order valence-corrected chi connectivity index (χ4v) is 2.19. The van der Waals surface area contributed by atoms with Crippen LogP contribution in [0, 0.1) is 0 Å². The molecule has 1 N–H and O–H groups in total. The molecule has 0 aromatic heterocycles. The van der Waals surface area contributed by atoms with Crippen LogP contribution in [0.1, 0.15) is 26.3 Å². The lowest BCUT2D eigenvalue weighted by Crippen LogP contribution is -2.34. The molecule has 9 heteroatoms. The standard InChI is InChI=1S/C19H17F2NO6/c1-26-10-12-3-2-4-14(9-12)18(25)27-11-16(23)22-17(24)13-5-7-15(8-6-13)28-19(20)21/h2-9,19H,10-11H2,1H3,(H,22,23,24). The van der Waals surface area contributed by atoms with Crippen molar-refractivity contribution in [3.05, 3.63) is 65.2 Å². The fraction of sp³-hybridized carbons (Fsp3) is 0.211. The Hall–Kier alpha value is -3.33. The number of amides is 2. The van der Waals surface area contributed by atoms with Crippen LogP contribution in [-0.2, 0) is 20.9 Å². The van der Waals surface area contributed by atoms with Gasteiger partial charge in [-0.3, -0.25) is 14.9 Å². The van der Waals surface area contributed by atoms with Gasteiger partial charge in [0.25, 0.3) is 11.8 Å². The number of hydrogen-bond acceptors (Lipinski definition) is 6. The topological polar surface area (TPSA) is 90.9 Å². The third kappa shape index (κ3) is 6.44. The molecule has 28 heavy (non-hydrogen) atoms. The number of ether oxygens (including phenoxy) is 3. The molecule has 0 aliphatic rings. The highest BCUT2D eigenvalue weighted by molar-refractivity contribution is 6.05. The second kappa shape index (κ2) is 10.1. The summed E-state index contributed by atoms with van der Waals surface area (Å²) in [6.07, 6.45) is 0. The van der Waals surface area contributed by atoms with E-state index in [0.717, 1.165) is 5.56 Å². The van der Waals surface area contributed by atoms with Crippen LogP contribution in [0.5, 0.6) is 5.75 Å². The Morgan fingerprint density at radius 2 is 1.75 bits per heavy atom. The number of rotatable bonds is 8. The van der Waals surface area contributed by atoms with Crippen LogP contribution in [0.4, 0.5) is 8.78 Å². The highest BCUT2D eigenvalue weighted by atomic mass is 19.3. The third-order valence-electron chi connectivity index (χ3n) is 3.40. The SMILES string of the molecule is COCc1cccc(C(=O)OCC(=O)NC(=O)c2ccc(OC(F)F)cc2)c1. The van der Waals surface area contributed by atoms with Gasteiger partial charge in [0.1, 0.15) is 5.75 Å². The van der Waals surface area contributed by atoms with E-state index in [1.165, 1.54) is 37.4 Å². The molecule has 0 unspecified atom stereocenters. The molecule has 2 aromatic rings. The maximum absolute atomic E-state index is 12.1. The van der Waals surface area contributed by atoms with Gasteiger partial charge in [-0.1, -0.05) is 12.1 Å². The van der Waals surface area contributed by atoms with Crippen molar-refractivity contribution in [3.63, 3.8) is 0 Å². The number of halogens is 2. The molecular weight excluding hydrogens is 376 g/mol. The van der Waals surface area contributed by atoms with Gasteiger partial charge in [-0.15, -0.1) is 0 Å². The van der Waals surface area contributed by atoms with Crippen LogP contribution in [0.25, 0.3) is 0 Å². The zero-order valence-corrected chi connectivity index (χ0v) is 14.8. The van der Waals surface area contributed by atoms with Crippen molar-refractivity contribution in [1.29, 1.82) is 0 Å². The second-order valence-corrected chi connectivity index (χ2v) is 5.49. The smallest absolute Gasteiger partial charge is 0.387 e. The van der Waals surface area contributed by atoms with Gasteiger partial charge in [-0.25, -0.2) is 4.79 Å². The van der Waals surface area contributed by atoms with E-state index in [9.17, 15) is 23.2 Å². The predicted octanol–water partition coefficient (Wildman–Crippen LogP) is 2.55. The van der Waals surface area contributed by atoms with Gasteiger partial charge < -0.3 is 14.2 Å². The molecule has 2 aromatic carbocycles. The lowest BCUT2D eigenvalue weighted by Gasteiger charge is -2.08. The Bertz CT molecular complexity index is 839. The van der Waals surface area contributed by atoms with Gasteiger partial charge in [0.15, 0.2) is 6.61 Å². The van der Waals surface area contributed by atoms with Crippen LogP contribution in [0.15, 0.2) is 48.5 Å². The van der Waals surface area contributed by atoms with Crippen molar-refractivity contribution < 1.29 is 37.4 Å². The van der Waals surface area contributed by atoms with Crippen LogP contribution >= 0.6 is 0 Å². The van der Waals surface area contributed by atoms with E-state index in [0.29, 0.717) is 6.61 Å². The Morgan fingerprint density at radius 1 is 1.04 bits per heavy atom. The van der Waals surface area contributed by atoms with Crippen molar-refractivity contribution in [2.45, 2.75) is 13.2 Å². The number of carbonyl (C=O) groups is 3. The van der Waals surface area contributed by atoms with E-state index < -0.39 is 31.0 Å². The lowest BCUT2D eigenvalue weighted by atomic mass is 10.1. The molecular formula is C19H17F2NO6. The molecule has 0 saturated heterocycles. The van der Waals surface area contributed by atoms with Crippen LogP contribution < -0.4 is 10.1 Å². The quantitative estimate of drug-likeness (QED) is 0.693. The van der Waals surface area contributed by atoms with Crippen molar-refractivity contribution >= 4 is 17.8 Å². The van der Waals surface area contributed by atoms with E-state index in [2.05, 4.69) is 4.74 Å². The number of methoxy groups -OCH3 is 1. The Morgan fingerprint density at radius 3 is 2.39 bits per heavy atom. The molecule has 0 saturated carbocycles. The first kappa shape index (κ1) is 21.0. The first-order valence-corrected chi connectivity index (χ1v) is 8.03. The van der Waals surface area contributed by atoms with E-state index in [-0.39, 0.29) is 16.9 Å². The summed E-state index contributed by atoms with van der Waals surface area (Å²) in [5, 5.41) is 2.03. The van der Waals surface area contributed by atoms with Crippen molar-refractivity contribution in [1.82, 2.24) is 5.32 Å². The number of carbonyl (C=O) groups excluding carboxylic acids is 3. The maximum Gasteiger partial charge on any atom is 0.387 e. The molecule has 0 atom stereocenters. The van der Waals surface area contributed by atoms with Crippen molar-refractivity contribution in [2.75, 3.05) is 13.7 Å². The molecule has 0 radical (unpaired) electrons. The zero-order chi connectivity index (χ0) is 20.5. The lowest BCUT2D eigenvalue weighted by molar-refractivity contribution is -0.123. The number of imide groups is 1. The monoisotopic (exact) mass is 393 g/mol. The first-order chi connectivity index (χ1) is 13.4. The normalized spacial score (nSPS) is 10.4. The minimum Gasteiger partial charge on any atom is -0.452 e. The Kier molecular flexibility index (Phi) is 7.58. The molecule has 0 aliphatic carbocycles. The number of alkyl halides is 2. The molecule has 148 valence electrons. The van der Waals surface area contributed by atoms with Crippen molar-refractivity contribution in [3.8, 4) is 5.75 Å². The summed E-state index contributed by atoms with van der Waals surface area (Å²) < 4.78 is 38.2. The largest absolute Gasteiger partial charge is 0.452 e. The molecule has 0 bridgehead atoms. The number of esters is 1. The van der Waals surface area contributed by atoms with Crippen LogP contribution in [-0.4, -0.2) is 38.1 Å². The zero-order valence-electron chi connectivity index (χ0n) is 14.8. The van der Waals surface area contributed by atoms with Crippen molar-refractivity contribution in [2.24, 2.45) is 0 Å². The van der Waals surface area contributed by atoms with Gasteiger partial charge in [0.05, 0.1) is 12.2 Å². The van der Waals surface area contributed by atoms with Gasteiger partial charge >= 0.3 is 12.6 Å². The van der Waals surface area contributed by atoms with E-state index in [1.807, 2.05) is 5.32 Å². The minimum absolute atomic E-state index is 0.0496. The van der Waals surface area contributed by atoms with Gasteiger partial charge in [0, 0.05) is 12.7 Å². The average Bonchev–Trinajstić information content (AvgIpc) is 2.66. The molecule has 2 rings (SSSR count). The molecule has 0 aliphatic heterocycles. The van der Waals surface area contributed by atoms with E-state index >= 15 is 0 Å². The summed E-state index contributed by atoms with van der Waals surface area (Å²) in [7, 11) is 1.52. The van der Waals surface area contributed by atoms with Gasteiger partial charge in [0.2, 0.25) is 0 Å². The summed E-state index contributed by atoms with van der Waals surface area (Å²) >= 11 is 0. The second-order valence-electron chi connectivity index (χ2n) is 5.49. The fourth-order valence-electron chi connectivity index (χ4n) is 2.19. The molecule has 0 fully saturated rings. The summed E-state index contributed by atoms with van der Waals surface area (Å²) in [6, 6.07) is 11.3. The summed E-state index contributed by atoms with van der Waals surface area (Å²) in [5.41, 5.74) is 1.05. The first-order valence-electron chi connectivity index (χ1n) is 8.03. The van der Waals surface area contributed by atoms with Gasteiger partial charge in [-0.05, 0) is 42.0 Å². The molecule has 0 heterocycles. The number of nitrogens with one attached hydrogen (secondary N) is 1. The Balaban J connectivity index is 1.85. The number of hydrogen-bond donors (Lipinski definition) is 1. The summed E-state index contributed by atoms with van der Waals surface area (Å²) in [4.78, 5) is 35.7.